The molecule has 1 fully saturated rings. The highest BCUT2D eigenvalue weighted by atomic mass is 15.1. The molecule has 0 spiro atoms. The van der Waals surface area contributed by atoms with Crippen LogP contribution < -0.4 is 4.90 Å². The lowest BCUT2D eigenvalue weighted by Crippen LogP contribution is -2.31. The first kappa shape index (κ1) is 13.3. The van der Waals surface area contributed by atoms with Gasteiger partial charge in [0.25, 0.3) is 0 Å². The van der Waals surface area contributed by atoms with Gasteiger partial charge in [0, 0.05) is 32.3 Å². The fraction of sp³-hybridized carbons (Fsp3) is 0.714. The molecule has 1 aliphatic heterocycles. The van der Waals surface area contributed by atoms with Crippen LogP contribution >= 0.6 is 0 Å². The third kappa shape index (κ3) is 3.42. The van der Waals surface area contributed by atoms with Gasteiger partial charge in [-0.1, -0.05) is 0 Å². The number of aryl methyl sites for hydroxylation is 1. The third-order valence-electron chi connectivity index (χ3n) is 3.65. The van der Waals surface area contributed by atoms with E-state index in [2.05, 4.69) is 21.9 Å². The van der Waals surface area contributed by atoms with Crippen LogP contribution in [0.2, 0.25) is 0 Å². The summed E-state index contributed by atoms with van der Waals surface area (Å²) in [5.41, 5.74) is 1.07. The van der Waals surface area contributed by atoms with Crippen LogP contribution in [0.3, 0.4) is 0 Å². The highest BCUT2D eigenvalue weighted by Gasteiger charge is 2.18. The van der Waals surface area contributed by atoms with Gasteiger partial charge in [0.05, 0.1) is 0 Å². The summed E-state index contributed by atoms with van der Waals surface area (Å²) in [4.78, 5) is 13.7. The predicted molar refractivity (Wildman–Crippen MR) is 75.0 cm³/mol. The number of aromatic nitrogens is 2. The summed E-state index contributed by atoms with van der Waals surface area (Å²) in [6.07, 6.45) is 3.56. The van der Waals surface area contributed by atoms with Gasteiger partial charge in [0.2, 0.25) is 0 Å². The summed E-state index contributed by atoms with van der Waals surface area (Å²) in [6, 6.07) is 2.04. The lowest BCUT2D eigenvalue weighted by Gasteiger charge is -2.28. The molecule has 100 valence electrons. The quantitative estimate of drug-likeness (QED) is 0.815. The molecule has 0 aromatic carbocycles. The molecule has 2 heterocycles. The molecule has 0 radical (unpaired) electrons. The van der Waals surface area contributed by atoms with Crippen molar-refractivity contribution < 1.29 is 0 Å². The maximum atomic E-state index is 4.65. The van der Waals surface area contributed by atoms with Gasteiger partial charge in [-0.15, -0.1) is 0 Å². The SMILES string of the molecule is Cc1cc(N(C)C)nc(CC2CCN(C)CC2)n1. The van der Waals surface area contributed by atoms with E-state index in [0.29, 0.717) is 0 Å². The Labute approximate surface area is 110 Å². The zero-order chi connectivity index (χ0) is 13.1. The third-order valence-corrected chi connectivity index (χ3v) is 3.65. The first-order valence-corrected chi connectivity index (χ1v) is 6.75. The lowest BCUT2D eigenvalue weighted by molar-refractivity contribution is 0.217. The van der Waals surface area contributed by atoms with Gasteiger partial charge < -0.3 is 9.80 Å². The minimum absolute atomic E-state index is 0.748. The van der Waals surface area contributed by atoms with Crippen molar-refractivity contribution in [3.63, 3.8) is 0 Å². The topological polar surface area (TPSA) is 32.3 Å². The molecule has 1 aliphatic rings. The van der Waals surface area contributed by atoms with E-state index in [1.807, 2.05) is 32.0 Å². The number of piperidine rings is 1. The van der Waals surface area contributed by atoms with Gasteiger partial charge in [-0.3, -0.25) is 0 Å². The summed E-state index contributed by atoms with van der Waals surface area (Å²) in [5.74, 6) is 2.77. The van der Waals surface area contributed by atoms with Crippen LogP contribution in [0.25, 0.3) is 0 Å². The lowest BCUT2D eigenvalue weighted by atomic mass is 9.93. The summed E-state index contributed by atoms with van der Waals surface area (Å²) in [7, 11) is 6.26. The summed E-state index contributed by atoms with van der Waals surface area (Å²) < 4.78 is 0. The van der Waals surface area contributed by atoms with Crippen LogP contribution in [0.5, 0.6) is 0 Å². The molecule has 0 aliphatic carbocycles. The van der Waals surface area contributed by atoms with E-state index >= 15 is 0 Å². The first-order chi connectivity index (χ1) is 8.54. The summed E-state index contributed by atoms with van der Waals surface area (Å²) in [5, 5.41) is 0. The Balaban J connectivity index is 2.04. The van der Waals surface area contributed by atoms with E-state index in [4.69, 9.17) is 0 Å². The smallest absolute Gasteiger partial charge is 0.131 e. The minimum Gasteiger partial charge on any atom is -0.363 e. The van der Waals surface area contributed by atoms with E-state index in [0.717, 1.165) is 29.7 Å². The average molecular weight is 248 g/mol. The Kier molecular flexibility index (Phi) is 4.17. The van der Waals surface area contributed by atoms with Crippen molar-refractivity contribution >= 4 is 5.82 Å². The van der Waals surface area contributed by atoms with Crippen LogP contribution in [0.1, 0.15) is 24.4 Å². The summed E-state index contributed by atoms with van der Waals surface area (Å²) >= 11 is 0. The van der Waals surface area contributed by atoms with Gasteiger partial charge in [-0.25, -0.2) is 9.97 Å². The van der Waals surface area contributed by atoms with Crippen molar-refractivity contribution in [2.45, 2.75) is 26.2 Å². The standard InChI is InChI=1S/C14H24N4/c1-11-9-14(17(2)3)16-13(15-11)10-12-5-7-18(4)8-6-12/h9,12H,5-8,10H2,1-4H3. The zero-order valence-electron chi connectivity index (χ0n) is 12.0. The van der Waals surface area contributed by atoms with Crippen molar-refractivity contribution in [3.05, 3.63) is 17.6 Å². The van der Waals surface area contributed by atoms with E-state index in [-0.39, 0.29) is 0 Å². The number of nitrogens with zero attached hydrogens (tertiary/aromatic N) is 4. The monoisotopic (exact) mass is 248 g/mol. The molecule has 0 saturated carbocycles. The summed E-state index contributed by atoms with van der Waals surface area (Å²) in [6.45, 7) is 4.46. The Morgan fingerprint density at radius 3 is 2.56 bits per heavy atom. The van der Waals surface area contributed by atoms with Crippen LogP contribution in [0.4, 0.5) is 5.82 Å². The first-order valence-electron chi connectivity index (χ1n) is 6.75. The number of hydrogen-bond acceptors (Lipinski definition) is 4. The van der Waals surface area contributed by atoms with Crippen molar-refractivity contribution in [2.75, 3.05) is 39.1 Å². The van der Waals surface area contributed by atoms with Gasteiger partial charge in [0.15, 0.2) is 0 Å². The largest absolute Gasteiger partial charge is 0.363 e. The molecule has 18 heavy (non-hydrogen) atoms. The van der Waals surface area contributed by atoms with E-state index in [1.165, 1.54) is 25.9 Å². The number of anilines is 1. The Morgan fingerprint density at radius 2 is 1.94 bits per heavy atom. The number of hydrogen-bond donors (Lipinski definition) is 0. The van der Waals surface area contributed by atoms with Crippen molar-refractivity contribution in [3.8, 4) is 0 Å². The molecule has 0 unspecified atom stereocenters. The highest BCUT2D eigenvalue weighted by molar-refractivity contribution is 5.37. The number of rotatable bonds is 3. The van der Waals surface area contributed by atoms with E-state index in [9.17, 15) is 0 Å². The van der Waals surface area contributed by atoms with Crippen molar-refractivity contribution in [2.24, 2.45) is 5.92 Å². The molecule has 1 aromatic heterocycles. The molecule has 0 N–H and O–H groups in total. The molecular formula is C14H24N4. The van der Waals surface area contributed by atoms with Gasteiger partial charge in [0.1, 0.15) is 11.6 Å². The van der Waals surface area contributed by atoms with Crippen LogP contribution in [0, 0.1) is 12.8 Å². The molecule has 2 rings (SSSR count). The van der Waals surface area contributed by atoms with Gasteiger partial charge >= 0.3 is 0 Å². The molecule has 1 aromatic rings. The Morgan fingerprint density at radius 1 is 1.28 bits per heavy atom. The second-order valence-electron chi connectivity index (χ2n) is 5.63. The minimum atomic E-state index is 0.748. The van der Waals surface area contributed by atoms with E-state index < -0.39 is 0 Å². The molecule has 0 amide bonds. The van der Waals surface area contributed by atoms with Crippen LogP contribution in [0.15, 0.2) is 6.07 Å². The maximum Gasteiger partial charge on any atom is 0.131 e. The normalized spacial score (nSPS) is 18.0. The fourth-order valence-electron chi connectivity index (χ4n) is 2.46. The predicted octanol–water partition coefficient (Wildman–Crippen LogP) is 1.74. The second-order valence-corrected chi connectivity index (χ2v) is 5.63. The molecule has 4 heteroatoms. The van der Waals surface area contributed by atoms with E-state index in [1.54, 1.807) is 0 Å². The molecular weight excluding hydrogens is 224 g/mol. The molecule has 0 bridgehead atoms. The van der Waals surface area contributed by atoms with Crippen molar-refractivity contribution in [1.82, 2.24) is 14.9 Å². The van der Waals surface area contributed by atoms with Gasteiger partial charge in [-0.2, -0.15) is 0 Å². The molecule has 0 atom stereocenters. The average Bonchev–Trinajstić information content (AvgIpc) is 2.31. The van der Waals surface area contributed by atoms with Gasteiger partial charge in [-0.05, 0) is 45.8 Å². The molecule has 1 saturated heterocycles. The second kappa shape index (κ2) is 5.65. The Bertz CT molecular complexity index is 395. The maximum absolute atomic E-state index is 4.65. The van der Waals surface area contributed by atoms with Crippen LogP contribution in [-0.2, 0) is 6.42 Å². The fourth-order valence-corrected chi connectivity index (χ4v) is 2.46. The number of likely N-dealkylation sites (tertiary alicyclic amines) is 1. The molecule has 4 nitrogen and oxygen atoms in total. The Hall–Kier alpha value is -1.16. The van der Waals surface area contributed by atoms with Crippen LogP contribution in [-0.4, -0.2) is 49.1 Å². The zero-order valence-corrected chi connectivity index (χ0v) is 12.0. The highest BCUT2D eigenvalue weighted by Crippen LogP contribution is 2.20. The van der Waals surface area contributed by atoms with Crippen molar-refractivity contribution in [1.29, 1.82) is 0 Å².